The third kappa shape index (κ3) is 4.77. The Labute approximate surface area is 133 Å². The van der Waals surface area contributed by atoms with Gasteiger partial charge >= 0.3 is 6.03 Å². The van der Waals surface area contributed by atoms with Crippen molar-refractivity contribution in [2.24, 2.45) is 0 Å². The minimum absolute atomic E-state index is 0.0858. The van der Waals surface area contributed by atoms with Crippen molar-refractivity contribution < 1.29 is 14.4 Å². The molecule has 0 aromatic heterocycles. The molecule has 0 aliphatic carbocycles. The average Bonchev–Trinajstić information content (AvgIpc) is 2.54. The first-order chi connectivity index (χ1) is 10.6. The molecule has 1 saturated heterocycles. The number of piperidine rings is 1. The lowest BCUT2D eigenvalue weighted by atomic mass is 10.1. The lowest BCUT2D eigenvalue weighted by Crippen LogP contribution is -2.41. The number of imide groups is 1. The van der Waals surface area contributed by atoms with Gasteiger partial charge in [-0.05, 0) is 36.9 Å². The smallest absolute Gasteiger partial charge is 0.331 e. The molecule has 0 radical (unpaired) electrons. The van der Waals surface area contributed by atoms with E-state index >= 15 is 0 Å². The Morgan fingerprint density at radius 3 is 2.36 bits per heavy atom. The molecule has 0 spiro atoms. The first-order valence-corrected chi connectivity index (χ1v) is 8.02. The summed E-state index contributed by atoms with van der Waals surface area (Å²) in [7, 11) is 0. The Balaban J connectivity index is 1.70. The Kier molecular flexibility index (Phi) is 5.83. The van der Waals surface area contributed by atoms with Crippen molar-refractivity contribution in [2.75, 3.05) is 13.1 Å². The van der Waals surface area contributed by atoms with Crippen LogP contribution in [0, 0.1) is 0 Å². The summed E-state index contributed by atoms with van der Waals surface area (Å²) in [6, 6.07) is 8.06. The normalized spacial score (nSPS) is 15.2. The number of nitrogens with one attached hydrogen (secondary N) is 2. The van der Waals surface area contributed by atoms with E-state index < -0.39 is 11.9 Å². The number of amides is 4. The summed E-state index contributed by atoms with van der Waals surface area (Å²) in [5, 5.41) is 2.55. The van der Waals surface area contributed by atoms with Gasteiger partial charge in [-0.2, -0.15) is 0 Å². The molecule has 7 heteroatoms. The third-order valence-electron chi connectivity index (χ3n) is 3.47. The van der Waals surface area contributed by atoms with E-state index in [2.05, 4.69) is 10.0 Å². The molecule has 2 rings (SSSR count). The molecule has 0 saturated carbocycles. The molecular weight excluding hydrogens is 302 g/mol. The molecule has 0 bridgehead atoms. The summed E-state index contributed by atoms with van der Waals surface area (Å²) in [5.74, 6) is -0.340. The summed E-state index contributed by atoms with van der Waals surface area (Å²) in [6.07, 6.45) is 1.66. The van der Waals surface area contributed by atoms with E-state index in [4.69, 9.17) is 0 Å². The van der Waals surface area contributed by atoms with E-state index in [0.29, 0.717) is 18.7 Å². The number of hydrogen-bond donors (Lipinski definition) is 2. The SMILES string of the molecule is CC(=O)N1CCC(SNC(=O)NC(=O)c2ccccc2)CC1. The monoisotopic (exact) mass is 321 g/mol. The maximum absolute atomic E-state index is 11.8. The van der Waals surface area contributed by atoms with Crippen molar-refractivity contribution in [1.82, 2.24) is 14.9 Å². The number of rotatable bonds is 3. The maximum Gasteiger partial charge on any atom is 0.331 e. The zero-order valence-corrected chi connectivity index (χ0v) is 13.2. The topological polar surface area (TPSA) is 78.5 Å². The zero-order chi connectivity index (χ0) is 15.9. The first-order valence-electron chi connectivity index (χ1n) is 7.14. The van der Waals surface area contributed by atoms with Gasteiger partial charge < -0.3 is 4.90 Å². The highest BCUT2D eigenvalue weighted by Crippen LogP contribution is 2.20. The molecule has 1 aliphatic heterocycles. The molecule has 1 heterocycles. The van der Waals surface area contributed by atoms with Gasteiger partial charge in [0, 0.05) is 30.8 Å². The fourth-order valence-corrected chi connectivity index (χ4v) is 2.99. The Hall–Kier alpha value is -2.02. The lowest BCUT2D eigenvalue weighted by molar-refractivity contribution is -0.129. The van der Waals surface area contributed by atoms with Gasteiger partial charge in [0.05, 0.1) is 0 Å². The molecule has 0 atom stereocenters. The zero-order valence-electron chi connectivity index (χ0n) is 12.4. The molecule has 4 amide bonds. The molecule has 0 unspecified atom stereocenters. The number of carbonyl (C=O) groups is 3. The van der Waals surface area contributed by atoms with E-state index in [9.17, 15) is 14.4 Å². The van der Waals surface area contributed by atoms with Gasteiger partial charge in [-0.15, -0.1) is 0 Å². The van der Waals surface area contributed by atoms with Crippen LogP contribution < -0.4 is 10.0 Å². The van der Waals surface area contributed by atoms with Crippen LogP contribution in [-0.4, -0.2) is 41.1 Å². The van der Waals surface area contributed by atoms with Crippen LogP contribution in [-0.2, 0) is 4.79 Å². The van der Waals surface area contributed by atoms with Crippen molar-refractivity contribution in [3.63, 3.8) is 0 Å². The van der Waals surface area contributed by atoms with Crippen LogP contribution >= 0.6 is 11.9 Å². The summed E-state index contributed by atoms with van der Waals surface area (Å²) in [4.78, 5) is 36.5. The Morgan fingerprint density at radius 1 is 1.14 bits per heavy atom. The molecule has 1 aromatic rings. The maximum atomic E-state index is 11.8. The van der Waals surface area contributed by atoms with Gasteiger partial charge in [0.15, 0.2) is 0 Å². The van der Waals surface area contributed by atoms with Crippen LogP contribution in [0.2, 0.25) is 0 Å². The van der Waals surface area contributed by atoms with E-state index in [-0.39, 0.29) is 11.2 Å². The van der Waals surface area contributed by atoms with Gasteiger partial charge in [-0.25, -0.2) is 4.79 Å². The van der Waals surface area contributed by atoms with Gasteiger partial charge in [-0.3, -0.25) is 19.6 Å². The summed E-state index contributed by atoms with van der Waals surface area (Å²) in [5.41, 5.74) is 0.442. The van der Waals surface area contributed by atoms with Crippen LogP contribution in [0.3, 0.4) is 0 Å². The fourth-order valence-electron chi connectivity index (χ4n) is 2.22. The molecule has 1 aromatic carbocycles. The van der Waals surface area contributed by atoms with E-state index in [0.717, 1.165) is 12.8 Å². The second-order valence-corrected chi connectivity index (χ2v) is 6.18. The van der Waals surface area contributed by atoms with E-state index in [1.165, 1.54) is 11.9 Å². The van der Waals surface area contributed by atoms with Crippen molar-refractivity contribution in [1.29, 1.82) is 0 Å². The second-order valence-electron chi connectivity index (χ2n) is 5.07. The van der Waals surface area contributed by atoms with Gasteiger partial charge in [0.1, 0.15) is 0 Å². The quantitative estimate of drug-likeness (QED) is 0.832. The predicted molar refractivity (Wildman–Crippen MR) is 85.3 cm³/mol. The Morgan fingerprint density at radius 2 is 1.77 bits per heavy atom. The van der Waals surface area contributed by atoms with Gasteiger partial charge in [0.25, 0.3) is 5.91 Å². The summed E-state index contributed by atoms with van der Waals surface area (Å²) >= 11 is 1.30. The average molecular weight is 321 g/mol. The first kappa shape index (κ1) is 16.4. The van der Waals surface area contributed by atoms with Crippen LogP contribution in [0.4, 0.5) is 4.79 Å². The van der Waals surface area contributed by atoms with Crippen molar-refractivity contribution >= 4 is 29.8 Å². The summed E-state index contributed by atoms with van der Waals surface area (Å²) < 4.78 is 2.64. The minimum Gasteiger partial charge on any atom is -0.343 e. The summed E-state index contributed by atoms with van der Waals surface area (Å²) in [6.45, 7) is 2.98. The molecule has 118 valence electrons. The van der Waals surface area contributed by atoms with Gasteiger partial charge in [-0.1, -0.05) is 18.2 Å². The number of nitrogens with zero attached hydrogens (tertiary/aromatic N) is 1. The van der Waals surface area contributed by atoms with E-state index in [1.54, 1.807) is 42.2 Å². The molecule has 22 heavy (non-hydrogen) atoms. The molecular formula is C15H19N3O3S. The third-order valence-corrected chi connectivity index (χ3v) is 4.58. The highest BCUT2D eigenvalue weighted by molar-refractivity contribution is 7.98. The highest BCUT2D eigenvalue weighted by Gasteiger charge is 2.22. The van der Waals surface area contributed by atoms with Crippen LogP contribution in [0.25, 0.3) is 0 Å². The minimum atomic E-state index is -0.521. The van der Waals surface area contributed by atoms with Gasteiger partial charge in [0.2, 0.25) is 5.91 Å². The second kappa shape index (κ2) is 7.84. The molecule has 1 aliphatic rings. The van der Waals surface area contributed by atoms with Crippen molar-refractivity contribution in [3.05, 3.63) is 35.9 Å². The van der Waals surface area contributed by atoms with Crippen LogP contribution in [0.15, 0.2) is 30.3 Å². The number of benzene rings is 1. The molecule has 2 N–H and O–H groups in total. The Bertz CT molecular complexity index is 542. The predicted octanol–water partition coefficient (Wildman–Crippen LogP) is 1.79. The molecule has 6 nitrogen and oxygen atoms in total. The number of likely N-dealkylation sites (tertiary alicyclic amines) is 1. The van der Waals surface area contributed by atoms with E-state index in [1.807, 2.05) is 0 Å². The number of hydrogen-bond acceptors (Lipinski definition) is 4. The van der Waals surface area contributed by atoms with Crippen molar-refractivity contribution in [2.45, 2.75) is 25.0 Å². The van der Waals surface area contributed by atoms with Crippen LogP contribution in [0.5, 0.6) is 0 Å². The number of carbonyl (C=O) groups excluding carboxylic acids is 3. The fraction of sp³-hybridized carbons (Fsp3) is 0.400. The van der Waals surface area contributed by atoms with Crippen molar-refractivity contribution in [3.8, 4) is 0 Å². The standard InChI is InChI=1S/C15H19N3O3S/c1-11(19)18-9-7-13(8-10-18)22-17-15(21)16-14(20)12-5-3-2-4-6-12/h2-6,13H,7-10H2,1H3,(H2,16,17,20,21). The number of urea groups is 1. The lowest BCUT2D eigenvalue weighted by Gasteiger charge is -2.30. The van der Waals surface area contributed by atoms with Crippen LogP contribution in [0.1, 0.15) is 30.1 Å². The largest absolute Gasteiger partial charge is 0.343 e. The highest BCUT2D eigenvalue weighted by atomic mass is 32.2. The molecule has 1 fully saturated rings.